The molecule has 1 aromatic carbocycles. The lowest BCUT2D eigenvalue weighted by Crippen LogP contribution is -2.54. The SMILES string of the molecule is C#C[C@@]1(O)CC[C@H]2[C@H]3CCC4=CC(=NOCC(=O)NCc5ccc(F)cc5)CC[C@]4(C)[C@H]3CC[C@]21C. The van der Waals surface area contributed by atoms with Crippen LogP contribution in [0, 0.1) is 46.7 Å². The number of fused-ring (bicyclic) bond motifs is 5. The number of hydrogen-bond donors (Lipinski definition) is 2. The van der Waals surface area contributed by atoms with Crippen molar-refractivity contribution in [2.24, 2.45) is 33.7 Å². The Balaban J connectivity index is 1.19. The Bertz CT molecular complexity index is 1120. The van der Waals surface area contributed by atoms with E-state index in [0.717, 1.165) is 62.6 Å². The molecule has 0 bridgehead atoms. The minimum Gasteiger partial charge on any atom is -0.385 e. The van der Waals surface area contributed by atoms with E-state index in [-0.39, 0.29) is 29.2 Å². The van der Waals surface area contributed by atoms with Crippen molar-refractivity contribution in [2.75, 3.05) is 6.61 Å². The number of rotatable bonds is 5. The molecule has 6 heteroatoms. The summed E-state index contributed by atoms with van der Waals surface area (Å²) in [4.78, 5) is 17.5. The number of terminal acetylenes is 1. The minimum atomic E-state index is -0.964. The molecule has 36 heavy (non-hydrogen) atoms. The van der Waals surface area contributed by atoms with Crippen LogP contribution in [0.1, 0.15) is 70.8 Å². The van der Waals surface area contributed by atoms with E-state index >= 15 is 0 Å². The third-order valence-electron chi connectivity index (χ3n) is 10.1. The fraction of sp³-hybridized carbons (Fsp3) is 0.600. The zero-order valence-electron chi connectivity index (χ0n) is 21.4. The zero-order valence-corrected chi connectivity index (χ0v) is 21.4. The molecule has 0 heterocycles. The number of benzene rings is 1. The van der Waals surface area contributed by atoms with Gasteiger partial charge in [0.2, 0.25) is 0 Å². The van der Waals surface area contributed by atoms with E-state index < -0.39 is 5.60 Å². The van der Waals surface area contributed by atoms with Crippen molar-refractivity contribution in [3.63, 3.8) is 0 Å². The molecule has 0 aliphatic heterocycles. The van der Waals surface area contributed by atoms with Crippen LogP contribution in [0.15, 0.2) is 41.1 Å². The van der Waals surface area contributed by atoms with Gasteiger partial charge in [-0.1, -0.05) is 42.6 Å². The molecule has 3 saturated carbocycles. The van der Waals surface area contributed by atoms with Gasteiger partial charge in [0.1, 0.15) is 11.4 Å². The average Bonchev–Trinajstić information content (AvgIpc) is 3.15. The van der Waals surface area contributed by atoms with E-state index in [1.807, 2.05) is 0 Å². The summed E-state index contributed by atoms with van der Waals surface area (Å²) in [5.41, 5.74) is 2.18. The van der Waals surface area contributed by atoms with Gasteiger partial charge < -0.3 is 15.3 Å². The summed E-state index contributed by atoms with van der Waals surface area (Å²) in [7, 11) is 0. The highest BCUT2D eigenvalue weighted by Crippen LogP contribution is 2.67. The van der Waals surface area contributed by atoms with Gasteiger partial charge in [0, 0.05) is 12.0 Å². The van der Waals surface area contributed by atoms with Crippen LogP contribution in [0.25, 0.3) is 0 Å². The molecule has 4 aliphatic carbocycles. The van der Waals surface area contributed by atoms with E-state index in [9.17, 15) is 14.3 Å². The number of carbonyl (C=O) groups is 1. The Morgan fingerprint density at radius 2 is 1.92 bits per heavy atom. The van der Waals surface area contributed by atoms with Crippen LogP contribution in [0.4, 0.5) is 4.39 Å². The number of allylic oxidation sites excluding steroid dienone is 2. The molecular formula is C30H37FN2O3. The van der Waals surface area contributed by atoms with Gasteiger partial charge in [0.25, 0.3) is 5.91 Å². The lowest BCUT2D eigenvalue weighted by molar-refractivity contribution is -0.125. The lowest BCUT2D eigenvalue weighted by atomic mass is 9.46. The van der Waals surface area contributed by atoms with Gasteiger partial charge in [0.15, 0.2) is 6.61 Å². The smallest absolute Gasteiger partial charge is 0.261 e. The molecule has 1 amide bonds. The predicted octanol–water partition coefficient (Wildman–Crippen LogP) is 5.14. The summed E-state index contributed by atoms with van der Waals surface area (Å²) in [6, 6.07) is 6.04. The first-order valence-electron chi connectivity index (χ1n) is 13.3. The fourth-order valence-electron chi connectivity index (χ4n) is 7.92. The fourth-order valence-corrected chi connectivity index (χ4v) is 7.92. The van der Waals surface area contributed by atoms with Crippen LogP contribution in [-0.2, 0) is 16.2 Å². The Labute approximate surface area is 213 Å². The third-order valence-corrected chi connectivity index (χ3v) is 10.1. The molecule has 192 valence electrons. The quantitative estimate of drug-likeness (QED) is 0.442. The molecule has 0 saturated heterocycles. The van der Waals surface area contributed by atoms with Gasteiger partial charge >= 0.3 is 0 Å². The maximum atomic E-state index is 13.0. The van der Waals surface area contributed by atoms with Crippen LogP contribution in [0.3, 0.4) is 0 Å². The van der Waals surface area contributed by atoms with Crippen molar-refractivity contribution in [3.05, 3.63) is 47.3 Å². The number of oxime groups is 1. The molecule has 0 aromatic heterocycles. The van der Waals surface area contributed by atoms with Gasteiger partial charge in [0.05, 0.1) is 5.71 Å². The van der Waals surface area contributed by atoms with E-state index in [1.165, 1.54) is 17.7 Å². The number of carbonyl (C=O) groups excluding carboxylic acids is 1. The summed E-state index contributed by atoms with van der Waals surface area (Å²) in [6.07, 6.45) is 15.9. The largest absolute Gasteiger partial charge is 0.385 e. The van der Waals surface area contributed by atoms with Crippen molar-refractivity contribution in [1.29, 1.82) is 0 Å². The monoisotopic (exact) mass is 492 g/mol. The Morgan fingerprint density at radius 3 is 2.67 bits per heavy atom. The first kappa shape index (κ1) is 25.0. The summed E-state index contributed by atoms with van der Waals surface area (Å²) >= 11 is 0. The molecule has 2 N–H and O–H groups in total. The topological polar surface area (TPSA) is 70.9 Å². The van der Waals surface area contributed by atoms with Gasteiger partial charge in [-0.05, 0) is 98.3 Å². The van der Waals surface area contributed by atoms with E-state index in [2.05, 4.69) is 36.3 Å². The van der Waals surface area contributed by atoms with Crippen molar-refractivity contribution >= 4 is 11.6 Å². The number of aliphatic hydroxyl groups is 1. The average molecular weight is 493 g/mol. The van der Waals surface area contributed by atoms with Crippen molar-refractivity contribution in [2.45, 2.75) is 77.4 Å². The predicted molar refractivity (Wildman–Crippen MR) is 137 cm³/mol. The first-order chi connectivity index (χ1) is 17.2. The Hall–Kier alpha value is -2.65. The standard InChI is InChI=1S/C30H37FN2O3/c1-4-30(35)16-13-26-24-10-7-21-17-23(11-14-28(21,2)25(24)12-15-29(26,30)3)33-36-19-27(34)32-18-20-5-8-22(31)9-6-20/h1,5-6,8-9,17,24-26,35H,7,10-16,18-19H2,2-3H3,(H,32,34)/t24-,25-,26-,28-,29+,30+/m0/s1. The van der Waals surface area contributed by atoms with E-state index in [4.69, 9.17) is 11.3 Å². The van der Waals surface area contributed by atoms with Gasteiger partial charge in [-0.2, -0.15) is 0 Å². The second-order valence-electron chi connectivity index (χ2n) is 11.8. The van der Waals surface area contributed by atoms with Crippen LogP contribution in [0.2, 0.25) is 0 Å². The molecule has 5 rings (SSSR count). The van der Waals surface area contributed by atoms with Crippen molar-refractivity contribution in [3.8, 4) is 12.3 Å². The highest BCUT2D eigenvalue weighted by atomic mass is 19.1. The third kappa shape index (κ3) is 4.16. The highest BCUT2D eigenvalue weighted by molar-refractivity contribution is 5.96. The van der Waals surface area contributed by atoms with E-state index in [1.54, 1.807) is 12.1 Å². The normalized spacial score (nSPS) is 38.2. The van der Waals surface area contributed by atoms with Gasteiger partial charge in [-0.3, -0.25) is 4.79 Å². The molecular weight excluding hydrogens is 455 g/mol. The summed E-state index contributed by atoms with van der Waals surface area (Å²) < 4.78 is 13.0. The molecule has 4 aliphatic rings. The Morgan fingerprint density at radius 1 is 1.17 bits per heavy atom. The first-order valence-corrected chi connectivity index (χ1v) is 13.3. The number of amides is 1. The molecule has 5 nitrogen and oxygen atoms in total. The number of nitrogens with zero attached hydrogens (tertiary/aromatic N) is 1. The van der Waals surface area contributed by atoms with Crippen molar-refractivity contribution < 1.29 is 19.1 Å². The maximum Gasteiger partial charge on any atom is 0.261 e. The molecule has 6 atom stereocenters. The molecule has 3 fully saturated rings. The molecule has 0 spiro atoms. The van der Waals surface area contributed by atoms with Crippen LogP contribution in [0.5, 0.6) is 0 Å². The zero-order chi connectivity index (χ0) is 25.6. The number of hydrogen-bond acceptors (Lipinski definition) is 4. The lowest BCUT2D eigenvalue weighted by Gasteiger charge is -2.58. The summed E-state index contributed by atoms with van der Waals surface area (Å²) in [5, 5.41) is 18.2. The highest BCUT2D eigenvalue weighted by Gasteiger charge is 2.63. The summed E-state index contributed by atoms with van der Waals surface area (Å²) in [6.45, 7) is 4.82. The molecule has 0 radical (unpaired) electrons. The van der Waals surface area contributed by atoms with Gasteiger partial charge in [-0.25, -0.2) is 4.39 Å². The minimum absolute atomic E-state index is 0.145. The molecule has 0 unspecified atom stereocenters. The summed E-state index contributed by atoms with van der Waals surface area (Å²) in [5.74, 6) is 3.91. The van der Waals surface area contributed by atoms with E-state index in [0.29, 0.717) is 24.3 Å². The maximum absolute atomic E-state index is 13.0. The Kier molecular flexibility index (Phi) is 6.49. The molecule has 1 aromatic rings. The van der Waals surface area contributed by atoms with Crippen LogP contribution in [-0.4, -0.2) is 28.9 Å². The number of nitrogens with one attached hydrogen (secondary N) is 1. The van der Waals surface area contributed by atoms with Crippen LogP contribution < -0.4 is 5.32 Å². The second-order valence-corrected chi connectivity index (χ2v) is 11.8. The van der Waals surface area contributed by atoms with Crippen LogP contribution >= 0.6 is 0 Å². The van der Waals surface area contributed by atoms with Crippen molar-refractivity contribution in [1.82, 2.24) is 5.32 Å². The number of halogens is 1. The second kappa shape index (κ2) is 9.34. The van der Waals surface area contributed by atoms with Gasteiger partial charge in [-0.15, -0.1) is 6.42 Å².